The lowest BCUT2D eigenvalue weighted by Gasteiger charge is -2.28. The summed E-state index contributed by atoms with van der Waals surface area (Å²) in [5.74, 6) is 0. The van der Waals surface area contributed by atoms with Crippen LogP contribution >= 0.6 is 0 Å². The number of methoxy groups -OCH3 is 3. The summed E-state index contributed by atoms with van der Waals surface area (Å²) in [5, 5.41) is 39.7. The molecule has 412 valence electrons. The van der Waals surface area contributed by atoms with Gasteiger partial charge in [0.2, 0.25) is 0 Å². The van der Waals surface area contributed by atoms with Crippen LogP contribution in [0, 0.1) is 20.8 Å². The minimum Gasteiger partial charge on any atom is -0.453 e. The maximum atomic E-state index is 12.2. The van der Waals surface area contributed by atoms with Gasteiger partial charge in [0.15, 0.2) is 24.8 Å². The summed E-state index contributed by atoms with van der Waals surface area (Å²) < 4.78 is 54.2. The van der Waals surface area contributed by atoms with E-state index < -0.39 is 83.8 Å². The summed E-state index contributed by atoms with van der Waals surface area (Å²) in [4.78, 5) is 67.2. The second kappa shape index (κ2) is 26.7. The summed E-state index contributed by atoms with van der Waals surface area (Å²) in [5.41, 5.74) is -1.09. The first-order valence-electron chi connectivity index (χ1n) is 24.4. The van der Waals surface area contributed by atoms with Crippen molar-refractivity contribution >= 4 is 0 Å². The number of ether oxygens (including phenoxy) is 9. The number of fused-ring (bicyclic) bond motifs is 3. The molecule has 24 heteroatoms. The van der Waals surface area contributed by atoms with E-state index in [2.05, 4.69) is 15.0 Å². The Bertz CT molecular complexity index is 2390. The second-order valence-corrected chi connectivity index (χ2v) is 18.5. The van der Waals surface area contributed by atoms with Crippen molar-refractivity contribution < 1.29 is 65.9 Å². The molecule has 6 N–H and O–H groups in total. The predicted octanol–water partition coefficient (Wildman–Crippen LogP) is 1.52. The molecule has 0 amide bonds. The molecule has 3 unspecified atom stereocenters. The summed E-state index contributed by atoms with van der Waals surface area (Å²) in [6.45, 7) is 21.5. The van der Waals surface area contributed by atoms with Gasteiger partial charge in [-0.1, -0.05) is 20.8 Å². The van der Waals surface area contributed by atoms with Gasteiger partial charge in [0.25, 0.3) is 16.7 Å². The highest BCUT2D eigenvalue weighted by Crippen LogP contribution is 2.40. The number of H-pyrrole nitrogens is 2. The summed E-state index contributed by atoms with van der Waals surface area (Å²) >= 11 is 0. The molecule has 0 bridgehead atoms. The third-order valence-electron chi connectivity index (χ3n) is 13.4. The maximum Gasteiger partial charge on any atom is 0.330 e. The molecule has 3 saturated heterocycles. The van der Waals surface area contributed by atoms with Crippen molar-refractivity contribution in [1.82, 2.24) is 28.7 Å². The van der Waals surface area contributed by atoms with Crippen LogP contribution in [0.15, 0.2) is 42.6 Å². The van der Waals surface area contributed by atoms with Crippen LogP contribution in [0.4, 0.5) is 0 Å². The van der Waals surface area contributed by atoms with E-state index in [0.717, 1.165) is 6.42 Å². The highest BCUT2D eigenvalue weighted by molar-refractivity contribution is 5.15. The monoisotopic (exact) mass is 1030 g/mol. The fourth-order valence-electron chi connectivity index (χ4n) is 8.05. The molecule has 72 heavy (non-hydrogen) atoms. The van der Waals surface area contributed by atoms with Gasteiger partial charge in [-0.25, -0.2) is 9.59 Å². The van der Waals surface area contributed by atoms with Crippen LogP contribution in [-0.4, -0.2) is 162 Å². The van der Waals surface area contributed by atoms with E-state index in [9.17, 15) is 39.3 Å². The third-order valence-corrected chi connectivity index (χ3v) is 13.4. The molecule has 24 nitrogen and oxygen atoms in total. The molecular formula is C48H82N6O18. The fraction of sp³-hybridized carbons (Fsp3) is 0.750. The zero-order valence-electron chi connectivity index (χ0n) is 44.0. The van der Waals surface area contributed by atoms with Crippen molar-refractivity contribution in [2.45, 2.75) is 213 Å². The predicted molar refractivity (Wildman–Crippen MR) is 264 cm³/mol. The first kappa shape index (κ1) is 60.1. The van der Waals surface area contributed by atoms with Gasteiger partial charge in [-0.15, -0.1) is 0 Å². The molecule has 3 fully saturated rings. The Morgan fingerprint density at radius 3 is 1.32 bits per heavy atom. The Hall–Kier alpha value is -4.44. The van der Waals surface area contributed by atoms with Gasteiger partial charge < -0.3 is 63.1 Å². The van der Waals surface area contributed by atoms with E-state index in [4.69, 9.17) is 47.7 Å². The Morgan fingerprint density at radius 2 is 0.958 bits per heavy atom. The van der Waals surface area contributed by atoms with Crippen LogP contribution in [0.5, 0.6) is 6.01 Å². The van der Waals surface area contributed by atoms with Gasteiger partial charge in [0.1, 0.15) is 30.5 Å². The lowest BCUT2D eigenvalue weighted by molar-refractivity contribution is -0.129. The molecule has 0 saturated carbocycles. The molecule has 0 spiro atoms. The van der Waals surface area contributed by atoms with Gasteiger partial charge in [0, 0.05) is 59.5 Å². The van der Waals surface area contributed by atoms with Crippen LogP contribution in [0.1, 0.15) is 120 Å². The van der Waals surface area contributed by atoms with Crippen LogP contribution in [-0.2, 0) is 37.9 Å². The second-order valence-electron chi connectivity index (χ2n) is 18.5. The Morgan fingerprint density at radius 1 is 0.583 bits per heavy atom. The van der Waals surface area contributed by atoms with Crippen LogP contribution in [0.25, 0.3) is 0 Å². The molecule has 0 aliphatic carbocycles. The molecule has 7 heterocycles. The molecule has 4 aliphatic heterocycles. The highest BCUT2D eigenvalue weighted by atomic mass is 16.6. The highest BCUT2D eigenvalue weighted by Gasteiger charge is 2.51. The van der Waals surface area contributed by atoms with E-state index in [1.165, 1.54) is 21.5 Å². The Labute approximate surface area is 421 Å². The minimum atomic E-state index is -0.884. The topological polar surface area (TPSA) is 309 Å². The summed E-state index contributed by atoms with van der Waals surface area (Å²) in [7, 11) is 4.74. The number of nitrogens with one attached hydrogen (secondary N) is 2. The first-order chi connectivity index (χ1) is 33.9. The standard InChI is InChI=1S/2C16H26N2O6.C11H14N2O4.C5H12O2.2H2/c2*1-6-11-12(19)13(23-10(4)9(3)22-5)15(24-11)18-7-8(2)14(20)17-16(18)21;1-3-6-7(14)8-10(16-6)13-4-5(2)9(15)12-11(13)17-8;1-4(6)5(2)7-3;;/h2*7,9-13,15,19H,6H2,1-5H3,(H,17,20,21);4,6-8,10,14H,3H2,1-2H3;4-6H,1-3H3;2*1H/t9-,10+,11+,12?,13-,15+;9-,10+,11-,12?,13+,15-;6-,7?,8-,10-;4-,5+;;/m0111../s1. The largest absolute Gasteiger partial charge is 0.453 e. The molecule has 0 aromatic carbocycles. The number of nitrogens with zero attached hydrogens (tertiary/aromatic N) is 4. The van der Waals surface area contributed by atoms with Crippen molar-refractivity contribution in [3.63, 3.8) is 0 Å². The number of aryl methyl sites for hydroxylation is 3. The van der Waals surface area contributed by atoms with E-state index in [-0.39, 0.29) is 63.4 Å². The van der Waals surface area contributed by atoms with Gasteiger partial charge in [-0.05, 0) is 81.6 Å². The zero-order valence-corrected chi connectivity index (χ0v) is 44.0. The molecule has 3 aromatic heterocycles. The molecule has 3 aromatic rings. The first-order valence-corrected chi connectivity index (χ1v) is 24.4. The number of aromatic amines is 2. The van der Waals surface area contributed by atoms with Crippen LogP contribution < -0.4 is 32.8 Å². The fourth-order valence-corrected chi connectivity index (χ4v) is 8.05. The quantitative estimate of drug-likeness (QED) is 0.126. The number of aliphatic hydroxyl groups is 4. The van der Waals surface area contributed by atoms with Gasteiger partial charge in [-0.2, -0.15) is 4.98 Å². The van der Waals surface area contributed by atoms with Crippen molar-refractivity contribution in [3.05, 3.63) is 87.3 Å². The van der Waals surface area contributed by atoms with E-state index >= 15 is 0 Å². The maximum absolute atomic E-state index is 12.2. The van der Waals surface area contributed by atoms with Crippen molar-refractivity contribution in [2.75, 3.05) is 21.3 Å². The number of aliphatic hydroxyl groups excluding tert-OH is 4. The van der Waals surface area contributed by atoms with Gasteiger partial charge in [-0.3, -0.25) is 38.1 Å². The lowest BCUT2D eigenvalue weighted by Crippen LogP contribution is -2.42. The molecule has 18 atom stereocenters. The lowest BCUT2D eigenvalue weighted by atomic mass is 10.1. The van der Waals surface area contributed by atoms with Crippen LogP contribution in [0.3, 0.4) is 0 Å². The molecule has 0 radical (unpaired) electrons. The number of aromatic nitrogens is 6. The smallest absolute Gasteiger partial charge is 0.330 e. The van der Waals surface area contributed by atoms with Crippen molar-refractivity contribution in [3.8, 4) is 6.01 Å². The zero-order chi connectivity index (χ0) is 54.0. The SMILES string of the molecule is CC[C@H]1O[C@@H](n2cc(C)c(=O)[nH]c2=O)[C@@H](O[C@@H](C)[C@@H](C)OC)C1O.CC[C@H]1O[C@@H](n2cc(C)c(=O)[nH]c2=O)[C@@H](O[C@H](C)[C@H](C)OC)C1O.CC[C@H]1O[C@@H]2[C@H](Oc3nc(=O)c(C)cn32)C1O.CO[C@@H](C)[C@@H](C)O.[HH].[HH]. The minimum absolute atomic E-state index is 0. The van der Waals surface area contributed by atoms with Crippen molar-refractivity contribution in [1.29, 1.82) is 0 Å². The van der Waals surface area contributed by atoms with E-state index in [1.807, 2.05) is 55.4 Å². The van der Waals surface area contributed by atoms with E-state index in [0.29, 0.717) is 29.5 Å². The average Bonchev–Trinajstić information content (AvgIpc) is 4.06. The van der Waals surface area contributed by atoms with Crippen molar-refractivity contribution in [2.24, 2.45) is 0 Å². The third kappa shape index (κ3) is 14.0. The summed E-state index contributed by atoms with van der Waals surface area (Å²) in [6.07, 6.45) is -2.55. The Balaban J connectivity index is 0.000000356. The molecule has 4 aliphatic rings. The van der Waals surface area contributed by atoms with Gasteiger partial charge in [0.05, 0.1) is 54.9 Å². The number of hydrogen-bond acceptors (Lipinski definition) is 19. The summed E-state index contributed by atoms with van der Waals surface area (Å²) in [6, 6.07) is 0.226. The number of rotatable bonds is 15. The normalized spacial score (nSPS) is 29.7. The average molecular weight is 1030 g/mol. The molecular weight excluding hydrogens is 949 g/mol. The van der Waals surface area contributed by atoms with Crippen LogP contribution in [0.2, 0.25) is 0 Å². The number of hydrogen-bond donors (Lipinski definition) is 6. The Kier molecular flexibility index (Phi) is 22.3. The van der Waals surface area contributed by atoms with E-state index in [1.54, 1.807) is 59.8 Å². The molecule has 7 rings (SSSR count). The van der Waals surface area contributed by atoms with Gasteiger partial charge >= 0.3 is 17.4 Å².